The lowest BCUT2D eigenvalue weighted by atomic mass is 9.35. The van der Waals surface area contributed by atoms with Crippen LogP contribution in [-0.4, -0.2) is 44.7 Å². The molecule has 0 unspecified atom stereocenters. The van der Waals surface area contributed by atoms with Crippen molar-refractivity contribution in [3.8, 4) is 0 Å². The first-order valence-corrected chi connectivity index (χ1v) is 17.7. The summed E-state index contributed by atoms with van der Waals surface area (Å²) in [6, 6.07) is 0. The average Bonchev–Trinajstić information content (AvgIpc) is 3.25. The molecule has 244 valence electrons. The number of ether oxygens (including phenoxy) is 1. The Bertz CT molecular complexity index is 950. The Morgan fingerprint density at radius 1 is 0.833 bits per heavy atom. The van der Waals surface area contributed by atoms with Crippen molar-refractivity contribution < 1.29 is 24.9 Å². The van der Waals surface area contributed by atoms with Crippen LogP contribution in [-0.2, 0) is 9.53 Å². The van der Waals surface area contributed by atoms with Crippen LogP contribution in [0.2, 0.25) is 0 Å². The maximum atomic E-state index is 13.4. The van der Waals surface area contributed by atoms with Crippen LogP contribution in [0.5, 0.6) is 0 Å². The fraction of sp³-hybridized carbons (Fsp3) is 0.973. The van der Waals surface area contributed by atoms with Gasteiger partial charge in [-0.15, -0.1) is 0 Å². The van der Waals surface area contributed by atoms with E-state index < -0.39 is 11.2 Å². The van der Waals surface area contributed by atoms with E-state index in [1.165, 1.54) is 0 Å². The quantitative estimate of drug-likeness (QED) is 0.167. The van der Waals surface area contributed by atoms with Crippen LogP contribution in [0.3, 0.4) is 0 Å². The molecular weight excluding hydrogens is 524 g/mol. The first-order chi connectivity index (χ1) is 19.3. The second-order valence-corrected chi connectivity index (χ2v) is 17.6. The van der Waals surface area contributed by atoms with Crippen LogP contribution < -0.4 is 0 Å². The van der Waals surface area contributed by atoms with Gasteiger partial charge in [-0.25, -0.2) is 0 Å². The van der Waals surface area contributed by atoms with Gasteiger partial charge in [0, 0.05) is 12.3 Å². The van der Waals surface area contributed by atoms with Crippen molar-refractivity contribution in [1.29, 1.82) is 0 Å². The fourth-order valence-corrected chi connectivity index (χ4v) is 11.5. The van der Waals surface area contributed by atoms with E-state index in [1.54, 1.807) is 0 Å². The summed E-state index contributed by atoms with van der Waals surface area (Å²) in [6.07, 6.45) is 13.3. The second-order valence-electron chi connectivity index (χ2n) is 17.6. The van der Waals surface area contributed by atoms with Crippen molar-refractivity contribution in [2.24, 2.45) is 45.3 Å². The number of hydrogen-bond acceptors (Lipinski definition) is 5. The monoisotopic (exact) mass is 590 g/mol. The molecule has 4 aliphatic carbocycles. The Morgan fingerprint density at radius 3 is 2.14 bits per heavy atom. The smallest absolute Gasteiger partial charge is 0.306 e. The Labute approximate surface area is 258 Å². The summed E-state index contributed by atoms with van der Waals surface area (Å²) in [5.74, 6) is 0.979. The third-order valence-corrected chi connectivity index (χ3v) is 14.1. The van der Waals surface area contributed by atoms with E-state index in [2.05, 4.69) is 41.5 Å². The highest BCUT2D eigenvalue weighted by Gasteiger charge is 2.72. The van der Waals surface area contributed by atoms with Gasteiger partial charge in [0.15, 0.2) is 0 Å². The molecule has 0 bridgehead atoms. The van der Waals surface area contributed by atoms with Gasteiger partial charge in [0.05, 0.1) is 17.3 Å². The number of carbonyl (C=O) groups is 1. The molecule has 5 heteroatoms. The van der Waals surface area contributed by atoms with Crippen molar-refractivity contribution in [2.45, 2.75) is 182 Å². The van der Waals surface area contributed by atoms with Gasteiger partial charge in [-0.2, -0.15) is 0 Å². The van der Waals surface area contributed by atoms with Crippen molar-refractivity contribution in [3.05, 3.63) is 0 Å². The minimum absolute atomic E-state index is 0.0395. The van der Waals surface area contributed by atoms with Crippen LogP contribution in [0.4, 0.5) is 0 Å². The predicted molar refractivity (Wildman–Crippen MR) is 170 cm³/mol. The molecule has 0 spiro atoms. The highest BCUT2D eigenvalue weighted by Crippen LogP contribution is 2.76. The van der Waals surface area contributed by atoms with Crippen LogP contribution in [0.25, 0.3) is 0 Å². The Morgan fingerprint density at radius 2 is 1.50 bits per heavy atom. The number of esters is 1. The minimum atomic E-state index is -0.874. The molecule has 42 heavy (non-hydrogen) atoms. The van der Waals surface area contributed by atoms with Gasteiger partial charge in [0.1, 0.15) is 6.10 Å². The van der Waals surface area contributed by atoms with E-state index in [-0.39, 0.29) is 51.7 Å². The standard InChI is InChI=1S/C37H66O5/c1-10-11-12-13-15-30(39)42-26-24-28-34(6)21-18-29(38)33(4,5)27(34)17-23-35(28,7)36(8)22-16-25(31(26)36)37(9,41)20-14-19-32(2,3)40/h25-29,31,38,40-41H,10-24H2,1-9H3/t25-,26+,27-,28+,29-,31-,34-,35+,36+,37+/m0/s1. The van der Waals surface area contributed by atoms with E-state index in [0.29, 0.717) is 31.1 Å². The lowest BCUT2D eigenvalue weighted by molar-refractivity contribution is -0.251. The van der Waals surface area contributed by atoms with E-state index >= 15 is 0 Å². The van der Waals surface area contributed by atoms with Crippen molar-refractivity contribution in [3.63, 3.8) is 0 Å². The van der Waals surface area contributed by atoms with Crippen molar-refractivity contribution >= 4 is 5.97 Å². The predicted octanol–water partition coefficient (Wildman–Crippen LogP) is 8.22. The largest absolute Gasteiger partial charge is 0.462 e. The third-order valence-electron chi connectivity index (χ3n) is 14.1. The fourth-order valence-electron chi connectivity index (χ4n) is 11.5. The van der Waals surface area contributed by atoms with E-state index in [4.69, 9.17) is 4.74 Å². The molecule has 4 rings (SSSR count). The zero-order valence-electron chi connectivity index (χ0n) is 28.7. The number of fused-ring (bicyclic) bond motifs is 5. The minimum Gasteiger partial charge on any atom is -0.462 e. The lowest BCUT2D eigenvalue weighted by Gasteiger charge is -2.70. The lowest BCUT2D eigenvalue weighted by Crippen LogP contribution is -2.67. The van der Waals surface area contributed by atoms with Gasteiger partial charge in [0.2, 0.25) is 0 Å². The third kappa shape index (κ3) is 5.98. The first kappa shape index (κ1) is 34.2. The zero-order chi connectivity index (χ0) is 31.4. The summed E-state index contributed by atoms with van der Waals surface area (Å²) in [5.41, 5.74) is -1.61. The molecule has 10 atom stereocenters. The molecule has 4 fully saturated rings. The number of hydrogen-bond donors (Lipinski definition) is 3. The molecule has 0 aromatic rings. The average molecular weight is 591 g/mol. The summed E-state index contributed by atoms with van der Waals surface area (Å²) >= 11 is 0. The van der Waals surface area contributed by atoms with Gasteiger partial charge in [-0.05, 0) is 131 Å². The van der Waals surface area contributed by atoms with Crippen LogP contribution in [0, 0.1) is 45.3 Å². The molecule has 0 aromatic heterocycles. The Hall–Kier alpha value is -0.650. The maximum Gasteiger partial charge on any atom is 0.306 e. The molecule has 0 amide bonds. The maximum absolute atomic E-state index is 13.4. The molecule has 3 N–H and O–H groups in total. The van der Waals surface area contributed by atoms with Crippen molar-refractivity contribution in [2.75, 3.05) is 0 Å². The summed E-state index contributed by atoms with van der Waals surface area (Å²) in [5, 5.41) is 33.5. The SMILES string of the molecule is CCCCCCC(=O)O[C@@H]1C[C@@H]2[C@@]3(C)CC[C@H](O)C(C)(C)[C@@H]3CC[C@@]2(C)[C@]2(C)CC[C@H]([C@](C)(O)CCCC(C)(C)O)[C@@H]12. The molecule has 0 heterocycles. The molecular formula is C37H66O5. The second kappa shape index (κ2) is 11.9. The summed E-state index contributed by atoms with van der Waals surface area (Å²) in [7, 11) is 0. The number of aliphatic hydroxyl groups is 3. The Kier molecular flexibility index (Phi) is 9.73. The number of carbonyl (C=O) groups excluding carboxylic acids is 1. The van der Waals surface area contributed by atoms with Gasteiger partial charge < -0.3 is 20.1 Å². The molecule has 0 radical (unpaired) electrons. The molecule has 5 nitrogen and oxygen atoms in total. The number of rotatable bonds is 11. The highest BCUT2D eigenvalue weighted by atomic mass is 16.5. The number of aliphatic hydroxyl groups excluding tert-OH is 1. The molecule has 0 saturated heterocycles. The van der Waals surface area contributed by atoms with Gasteiger partial charge in [-0.1, -0.05) is 60.8 Å². The van der Waals surface area contributed by atoms with Crippen LogP contribution in [0.1, 0.15) is 159 Å². The van der Waals surface area contributed by atoms with Crippen molar-refractivity contribution in [1.82, 2.24) is 0 Å². The molecule has 0 aromatic carbocycles. The molecule has 4 saturated carbocycles. The summed E-state index contributed by atoms with van der Waals surface area (Å²) in [4.78, 5) is 13.4. The van der Waals surface area contributed by atoms with E-state index in [9.17, 15) is 20.1 Å². The van der Waals surface area contributed by atoms with Gasteiger partial charge in [-0.3, -0.25) is 4.79 Å². The van der Waals surface area contributed by atoms with E-state index in [1.807, 2.05) is 20.8 Å². The first-order valence-electron chi connectivity index (χ1n) is 17.7. The van der Waals surface area contributed by atoms with Gasteiger partial charge in [0.25, 0.3) is 0 Å². The molecule has 0 aliphatic heterocycles. The van der Waals surface area contributed by atoms with Gasteiger partial charge >= 0.3 is 5.97 Å². The summed E-state index contributed by atoms with van der Waals surface area (Å²) in [6.45, 7) is 20.0. The molecule has 4 aliphatic rings. The van der Waals surface area contributed by atoms with Crippen LogP contribution >= 0.6 is 0 Å². The Balaban J connectivity index is 1.68. The highest BCUT2D eigenvalue weighted by molar-refractivity contribution is 5.69. The van der Waals surface area contributed by atoms with Crippen LogP contribution in [0.15, 0.2) is 0 Å². The topological polar surface area (TPSA) is 87.0 Å². The normalized spacial score (nSPS) is 42.7. The number of unbranched alkanes of at least 4 members (excludes halogenated alkanes) is 3. The van der Waals surface area contributed by atoms with E-state index in [0.717, 1.165) is 77.0 Å². The zero-order valence-corrected chi connectivity index (χ0v) is 28.7. The summed E-state index contributed by atoms with van der Waals surface area (Å²) < 4.78 is 6.59.